The third kappa shape index (κ3) is 6.62. The molecule has 1 aliphatic rings. The van der Waals surface area contributed by atoms with E-state index in [1.807, 2.05) is 0 Å². The average molecular weight is 514 g/mol. The Balaban J connectivity index is 1.90. The fraction of sp³-hybridized carbons (Fsp3) is 0.429. The molecule has 2 aromatic carbocycles. The fourth-order valence-electron chi connectivity index (χ4n) is 3.37. The van der Waals surface area contributed by atoms with E-state index in [0.717, 1.165) is 4.90 Å². The number of imide groups is 1. The molecule has 0 saturated heterocycles. The first-order valence-corrected chi connectivity index (χ1v) is 14.9. The van der Waals surface area contributed by atoms with Gasteiger partial charge in [0.05, 0.1) is 12.6 Å². The molecule has 6 nitrogen and oxygen atoms in total. The van der Waals surface area contributed by atoms with Crippen LogP contribution in [0.25, 0.3) is 5.57 Å². The summed E-state index contributed by atoms with van der Waals surface area (Å²) in [6.45, 7) is 16.1. The fourth-order valence-corrected chi connectivity index (χ4v) is 4.39. The van der Waals surface area contributed by atoms with Gasteiger partial charge in [0.25, 0.3) is 5.91 Å². The maximum absolute atomic E-state index is 13.5. The molecule has 36 heavy (non-hydrogen) atoms. The highest BCUT2D eigenvalue weighted by Crippen LogP contribution is 2.38. The Morgan fingerprint density at radius 3 is 2.22 bits per heavy atom. The Labute approximate surface area is 214 Å². The summed E-state index contributed by atoms with van der Waals surface area (Å²) in [6.07, 6.45) is 1.05. The molecular formula is C28H36FNO5Si. The van der Waals surface area contributed by atoms with E-state index in [0.29, 0.717) is 22.6 Å². The quantitative estimate of drug-likeness (QED) is 0.383. The van der Waals surface area contributed by atoms with Crippen molar-refractivity contribution >= 4 is 25.9 Å². The van der Waals surface area contributed by atoms with Crippen LogP contribution in [0.1, 0.15) is 47.1 Å². The van der Waals surface area contributed by atoms with Crippen molar-refractivity contribution in [1.82, 2.24) is 4.90 Å². The Kier molecular flexibility index (Phi) is 7.81. The number of hydrogen-bond acceptors (Lipinski definition) is 5. The Bertz CT molecular complexity index is 1150. The Hall–Kier alpha value is -2.97. The molecule has 1 heterocycles. The lowest BCUT2D eigenvalue weighted by atomic mass is 10.1. The number of nitrogens with zero attached hydrogens (tertiary/aromatic N) is 1. The molecule has 0 fully saturated rings. The van der Waals surface area contributed by atoms with E-state index >= 15 is 0 Å². The monoisotopic (exact) mass is 513 g/mol. The Morgan fingerprint density at radius 2 is 1.64 bits per heavy atom. The van der Waals surface area contributed by atoms with Gasteiger partial charge in [0, 0.05) is 5.57 Å². The summed E-state index contributed by atoms with van der Waals surface area (Å²) in [5.74, 6) is 0.145. The van der Waals surface area contributed by atoms with Crippen LogP contribution < -0.4 is 4.74 Å². The first kappa shape index (κ1) is 27.6. The van der Waals surface area contributed by atoms with E-state index in [2.05, 4.69) is 33.9 Å². The van der Waals surface area contributed by atoms with Gasteiger partial charge in [-0.15, -0.1) is 0 Å². The number of rotatable bonds is 6. The summed E-state index contributed by atoms with van der Waals surface area (Å²) in [4.78, 5) is 27.7. The highest BCUT2D eigenvalue weighted by molar-refractivity contribution is 6.74. The second kappa shape index (κ2) is 10.2. The molecule has 0 spiro atoms. The second-order valence-electron chi connectivity index (χ2n) is 11.5. The van der Waals surface area contributed by atoms with Crippen LogP contribution in [0.3, 0.4) is 0 Å². The second-order valence-corrected chi connectivity index (χ2v) is 16.3. The van der Waals surface area contributed by atoms with Crippen LogP contribution in [0.2, 0.25) is 18.1 Å². The maximum atomic E-state index is 13.5. The van der Waals surface area contributed by atoms with Crippen molar-refractivity contribution in [2.75, 3.05) is 6.61 Å². The zero-order chi connectivity index (χ0) is 26.9. The Morgan fingerprint density at radius 1 is 1.00 bits per heavy atom. The molecule has 8 heteroatoms. The topological polar surface area (TPSA) is 65.1 Å². The van der Waals surface area contributed by atoms with E-state index in [1.54, 1.807) is 51.1 Å². The van der Waals surface area contributed by atoms with Crippen LogP contribution >= 0.6 is 0 Å². The van der Waals surface area contributed by atoms with Crippen LogP contribution in [0, 0.1) is 5.82 Å². The molecule has 0 unspecified atom stereocenters. The summed E-state index contributed by atoms with van der Waals surface area (Å²) < 4.78 is 31.0. The van der Waals surface area contributed by atoms with E-state index in [-0.39, 0.29) is 17.5 Å². The molecule has 3 rings (SSSR count). The van der Waals surface area contributed by atoms with E-state index in [4.69, 9.17) is 13.9 Å². The van der Waals surface area contributed by atoms with E-state index in [1.165, 1.54) is 24.3 Å². The minimum absolute atomic E-state index is 0.0229. The molecule has 0 aromatic heterocycles. The minimum atomic E-state index is -2.13. The number of amides is 2. The molecule has 1 aliphatic heterocycles. The maximum Gasteiger partial charge on any atom is 0.417 e. The standard InChI is InChI=1S/C28H36FNO5Si/c1-27(2,3)35-26(32)30-21(18-33-36(7,8)28(4,5)6)17-24(25(30)31)19-10-9-11-23(16-19)34-22-14-12-20(29)13-15-22/h9-17,21H,18H2,1-8H3/t21-/m1/s1. The minimum Gasteiger partial charge on any atom is -0.457 e. The normalized spacial score (nSPS) is 16.7. The predicted molar refractivity (Wildman–Crippen MR) is 141 cm³/mol. The summed E-state index contributed by atoms with van der Waals surface area (Å²) in [5.41, 5.74) is 0.214. The van der Waals surface area contributed by atoms with Gasteiger partial charge >= 0.3 is 6.09 Å². The summed E-state index contributed by atoms with van der Waals surface area (Å²) >= 11 is 0. The van der Waals surface area contributed by atoms with Gasteiger partial charge in [-0.2, -0.15) is 0 Å². The highest BCUT2D eigenvalue weighted by atomic mass is 28.4. The van der Waals surface area contributed by atoms with Gasteiger partial charge in [-0.25, -0.2) is 14.1 Å². The summed E-state index contributed by atoms with van der Waals surface area (Å²) in [6, 6.07) is 12.1. The van der Waals surface area contributed by atoms with Gasteiger partial charge in [0.2, 0.25) is 0 Å². The smallest absolute Gasteiger partial charge is 0.417 e. The SMILES string of the molecule is CC(C)(C)OC(=O)N1C(=O)C(c2cccc(Oc3ccc(F)cc3)c2)=C[C@@H]1CO[Si](C)(C)C(C)(C)C. The lowest BCUT2D eigenvalue weighted by molar-refractivity contribution is -0.124. The first-order chi connectivity index (χ1) is 16.6. The molecule has 0 saturated carbocycles. The zero-order valence-corrected chi connectivity index (χ0v) is 23.3. The van der Waals surface area contributed by atoms with Crippen molar-refractivity contribution in [1.29, 1.82) is 0 Å². The number of carbonyl (C=O) groups is 2. The number of benzene rings is 2. The van der Waals surface area contributed by atoms with Gasteiger partial charge in [0.1, 0.15) is 22.9 Å². The molecule has 2 amide bonds. The van der Waals surface area contributed by atoms with Crippen molar-refractivity contribution in [3.63, 3.8) is 0 Å². The van der Waals surface area contributed by atoms with E-state index < -0.39 is 32.0 Å². The lowest BCUT2D eigenvalue weighted by Crippen LogP contribution is -2.48. The van der Waals surface area contributed by atoms with Crippen LogP contribution in [0.5, 0.6) is 11.5 Å². The van der Waals surface area contributed by atoms with Crippen molar-refractivity contribution in [2.24, 2.45) is 0 Å². The average Bonchev–Trinajstić information content (AvgIpc) is 3.08. The van der Waals surface area contributed by atoms with Gasteiger partial charge in [-0.05, 0) is 86.9 Å². The number of hydrogen-bond donors (Lipinski definition) is 0. The molecule has 0 N–H and O–H groups in total. The van der Waals surface area contributed by atoms with Crippen molar-refractivity contribution < 1.29 is 27.9 Å². The zero-order valence-electron chi connectivity index (χ0n) is 22.3. The van der Waals surface area contributed by atoms with Gasteiger partial charge in [-0.1, -0.05) is 32.9 Å². The third-order valence-electron chi connectivity index (χ3n) is 6.35. The number of carbonyl (C=O) groups excluding carboxylic acids is 2. The molecule has 0 aliphatic carbocycles. The van der Waals surface area contributed by atoms with E-state index in [9.17, 15) is 14.0 Å². The van der Waals surface area contributed by atoms with Gasteiger partial charge in [-0.3, -0.25) is 4.79 Å². The third-order valence-corrected chi connectivity index (χ3v) is 10.8. The predicted octanol–water partition coefficient (Wildman–Crippen LogP) is 7.17. The van der Waals surface area contributed by atoms with Crippen molar-refractivity contribution in [3.05, 3.63) is 66.0 Å². The van der Waals surface area contributed by atoms with Crippen LogP contribution in [-0.2, 0) is 14.0 Å². The van der Waals surface area contributed by atoms with Crippen molar-refractivity contribution in [3.8, 4) is 11.5 Å². The largest absolute Gasteiger partial charge is 0.457 e. The molecule has 0 bridgehead atoms. The van der Waals surface area contributed by atoms with Gasteiger partial charge < -0.3 is 13.9 Å². The number of halogens is 1. The lowest BCUT2D eigenvalue weighted by Gasteiger charge is -2.37. The first-order valence-electron chi connectivity index (χ1n) is 12.0. The van der Waals surface area contributed by atoms with Crippen LogP contribution in [0.4, 0.5) is 9.18 Å². The molecule has 194 valence electrons. The van der Waals surface area contributed by atoms with Gasteiger partial charge in [0.15, 0.2) is 8.32 Å². The molecule has 0 radical (unpaired) electrons. The summed E-state index contributed by atoms with van der Waals surface area (Å²) in [5, 5.41) is -0.0229. The molecular weight excluding hydrogens is 477 g/mol. The van der Waals surface area contributed by atoms with Crippen LogP contribution in [-0.4, -0.2) is 43.5 Å². The number of ether oxygens (including phenoxy) is 2. The highest BCUT2D eigenvalue weighted by Gasteiger charge is 2.43. The van der Waals surface area contributed by atoms with Crippen molar-refractivity contribution in [2.45, 2.75) is 71.3 Å². The van der Waals surface area contributed by atoms with Crippen LogP contribution in [0.15, 0.2) is 54.6 Å². The summed E-state index contributed by atoms with van der Waals surface area (Å²) in [7, 11) is -2.13. The molecule has 2 aromatic rings. The molecule has 1 atom stereocenters.